The van der Waals surface area contributed by atoms with Gasteiger partial charge in [0, 0.05) is 34.3 Å². The molecule has 1 saturated carbocycles. The van der Waals surface area contributed by atoms with Crippen molar-refractivity contribution in [2.75, 3.05) is 5.32 Å². The van der Waals surface area contributed by atoms with Gasteiger partial charge in [-0.05, 0) is 36.8 Å². The summed E-state index contributed by atoms with van der Waals surface area (Å²) in [6, 6.07) is 6.43. The molecule has 3 N–H and O–H groups in total. The van der Waals surface area contributed by atoms with E-state index in [-0.39, 0.29) is 6.04 Å². The standard InChI is InChI=1S/C20H24ClN3S2/c1-12-18-20(26-19(12)14-7-3-2-4-8-15(14)22)16(10-17(21)24-18)23-11-13-6-5-9-25-13/h5-6,9-10,14-15H,2-4,7-8,11,22H2,1H3,(H,23,24)/t14-,15-/m1/s1. The van der Waals surface area contributed by atoms with E-state index >= 15 is 0 Å². The third-order valence-corrected chi connectivity index (χ3v) is 7.83. The molecular weight excluding hydrogens is 382 g/mol. The number of rotatable bonds is 4. The van der Waals surface area contributed by atoms with Crippen LogP contribution in [-0.4, -0.2) is 11.0 Å². The second-order valence-electron chi connectivity index (χ2n) is 7.10. The minimum absolute atomic E-state index is 0.252. The summed E-state index contributed by atoms with van der Waals surface area (Å²) in [5.41, 5.74) is 9.91. The topological polar surface area (TPSA) is 50.9 Å². The van der Waals surface area contributed by atoms with E-state index in [1.54, 1.807) is 11.3 Å². The summed E-state index contributed by atoms with van der Waals surface area (Å²) in [7, 11) is 0. The van der Waals surface area contributed by atoms with Crippen molar-refractivity contribution in [1.29, 1.82) is 0 Å². The molecular formula is C20H24ClN3S2. The molecule has 0 aromatic carbocycles. The summed E-state index contributed by atoms with van der Waals surface area (Å²) < 4.78 is 1.20. The monoisotopic (exact) mass is 405 g/mol. The first-order valence-electron chi connectivity index (χ1n) is 9.25. The number of anilines is 1. The van der Waals surface area contributed by atoms with E-state index in [1.807, 2.05) is 17.4 Å². The lowest BCUT2D eigenvalue weighted by Crippen LogP contribution is -2.27. The summed E-state index contributed by atoms with van der Waals surface area (Å²) in [5.74, 6) is 0.445. The van der Waals surface area contributed by atoms with E-state index in [2.05, 4.69) is 34.7 Å². The molecule has 138 valence electrons. The maximum atomic E-state index is 6.54. The normalized spacial score (nSPS) is 21.0. The predicted octanol–water partition coefficient (Wildman–Crippen LogP) is 6.31. The average molecular weight is 406 g/mol. The first kappa shape index (κ1) is 18.2. The van der Waals surface area contributed by atoms with Gasteiger partial charge in [-0.25, -0.2) is 4.98 Å². The minimum Gasteiger partial charge on any atom is -0.379 e. The van der Waals surface area contributed by atoms with Crippen LogP contribution in [0.2, 0.25) is 5.15 Å². The van der Waals surface area contributed by atoms with Crippen LogP contribution in [0.1, 0.15) is 53.3 Å². The first-order valence-corrected chi connectivity index (χ1v) is 11.3. The average Bonchev–Trinajstić information content (AvgIpc) is 3.19. The second-order valence-corrected chi connectivity index (χ2v) is 9.57. The Morgan fingerprint density at radius 3 is 2.96 bits per heavy atom. The Kier molecular flexibility index (Phi) is 5.50. The fraction of sp³-hybridized carbons (Fsp3) is 0.450. The van der Waals surface area contributed by atoms with E-state index in [0.717, 1.165) is 24.2 Å². The highest BCUT2D eigenvalue weighted by atomic mass is 35.5. The van der Waals surface area contributed by atoms with Crippen molar-refractivity contribution in [1.82, 2.24) is 4.98 Å². The van der Waals surface area contributed by atoms with Crippen LogP contribution < -0.4 is 11.1 Å². The molecule has 3 heterocycles. The lowest BCUT2D eigenvalue weighted by molar-refractivity contribution is 0.510. The van der Waals surface area contributed by atoms with Crippen molar-refractivity contribution in [3.05, 3.63) is 44.1 Å². The Hall–Kier alpha value is -1.14. The lowest BCUT2D eigenvalue weighted by Gasteiger charge is -2.20. The molecule has 0 unspecified atom stereocenters. The van der Waals surface area contributed by atoms with Crippen molar-refractivity contribution < 1.29 is 0 Å². The molecule has 3 aromatic rings. The predicted molar refractivity (Wildman–Crippen MR) is 115 cm³/mol. The van der Waals surface area contributed by atoms with Crippen LogP contribution in [0.3, 0.4) is 0 Å². The molecule has 26 heavy (non-hydrogen) atoms. The number of aryl methyl sites for hydroxylation is 1. The molecule has 0 bridgehead atoms. The molecule has 6 heteroatoms. The van der Waals surface area contributed by atoms with Gasteiger partial charge in [0.15, 0.2) is 0 Å². The van der Waals surface area contributed by atoms with E-state index in [9.17, 15) is 0 Å². The molecule has 0 spiro atoms. The van der Waals surface area contributed by atoms with Crippen LogP contribution in [0.25, 0.3) is 10.2 Å². The Bertz CT molecular complexity index is 888. The molecule has 2 atom stereocenters. The Morgan fingerprint density at radius 2 is 2.15 bits per heavy atom. The molecule has 0 radical (unpaired) electrons. The van der Waals surface area contributed by atoms with Crippen LogP contribution in [0.4, 0.5) is 5.69 Å². The molecule has 3 nitrogen and oxygen atoms in total. The molecule has 3 aromatic heterocycles. The number of nitrogens with two attached hydrogens (primary N) is 1. The smallest absolute Gasteiger partial charge is 0.131 e. The fourth-order valence-electron chi connectivity index (χ4n) is 3.91. The molecule has 0 amide bonds. The summed E-state index contributed by atoms with van der Waals surface area (Å²) in [6.45, 7) is 2.99. The number of aromatic nitrogens is 1. The Balaban J connectivity index is 1.72. The van der Waals surface area contributed by atoms with E-state index in [0.29, 0.717) is 11.1 Å². The van der Waals surface area contributed by atoms with Gasteiger partial charge in [0.1, 0.15) is 5.15 Å². The van der Waals surface area contributed by atoms with Crippen LogP contribution in [0.15, 0.2) is 23.6 Å². The number of nitrogens with zero attached hydrogens (tertiary/aromatic N) is 1. The largest absolute Gasteiger partial charge is 0.379 e. The van der Waals surface area contributed by atoms with Crippen molar-refractivity contribution in [2.45, 2.75) is 57.5 Å². The highest BCUT2D eigenvalue weighted by Crippen LogP contribution is 2.43. The summed E-state index contributed by atoms with van der Waals surface area (Å²) in [4.78, 5) is 7.36. The van der Waals surface area contributed by atoms with Gasteiger partial charge in [0.2, 0.25) is 0 Å². The summed E-state index contributed by atoms with van der Waals surface area (Å²) >= 11 is 9.95. The van der Waals surface area contributed by atoms with Gasteiger partial charge in [0.25, 0.3) is 0 Å². The molecule has 0 saturated heterocycles. The zero-order valence-corrected chi connectivity index (χ0v) is 17.3. The van der Waals surface area contributed by atoms with Gasteiger partial charge in [-0.3, -0.25) is 0 Å². The summed E-state index contributed by atoms with van der Waals surface area (Å²) in [5, 5.41) is 6.21. The number of pyridine rings is 1. The highest BCUT2D eigenvalue weighted by molar-refractivity contribution is 7.20. The van der Waals surface area contributed by atoms with Crippen molar-refractivity contribution in [3.8, 4) is 0 Å². The van der Waals surface area contributed by atoms with Crippen LogP contribution in [0, 0.1) is 6.92 Å². The molecule has 1 aliphatic carbocycles. The van der Waals surface area contributed by atoms with Crippen LogP contribution in [-0.2, 0) is 6.54 Å². The maximum Gasteiger partial charge on any atom is 0.131 e. The van der Waals surface area contributed by atoms with E-state index in [1.165, 1.54) is 45.7 Å². The van der Waals surface area contributed by atoms with Gasteiger partial charge >= 0.3 is 0 Å². The number of thiophene rings is 2. The van der Waals surface area contributed by atoms with Gasteiger partial charge in [-0.1, -0.05) is 36.9 Å². The SMILES string of the molecule is Cc1c([C@@H]2CCCCC[C@H]2N)sc2c(NCc3cccs3)cc(Cl)nc12. The quantitative estimate of drug-likeness (QED) is 0.395. The number of halogens is 1. The van der Waals surface area contributed by atoms with E-state index in [4.69, 9.17) is 17.3 Å². The van der Waals surface area contributed by atoms with E-state index < -0.39 is 0 Å². The third kappa shape index (κ3) is 3.63. The lowest BCUT2D eigenvalue weighted by atomic mass is 9.92. The van der Waals surface area contributed by atoms with Crippen molar-refractivity contribution in [2.24, 2.45) is 5.73 Å². The maximum absolute atomic E-state index is 6.54. The molecule has 1 aliphatic rings. The second kappa shape index (κ2) is 7.85. The molecule has 4 rings (SSSR count). The van der Waals surface area contributed by atoms with Gasteiger partial charge in [0.05, 0.1) is 15.9 Å². The number of nitrogens with one attached hydrogen (secondary N) is 1. The zero-order chi connectivity index (χ0) is 18.1. The van der Waals surface area contributed by atoms with Gasteiger partial charge < -0.3 is 11.1 Å². The number of hydrogen-bond donors (Lipinski definition) is 2. The fourth-order valence-corrected chi connectivity index (χ4v) is 6.19. The molecule has 1 fully saturated rings. The Morgan fingerprint density at radius 1 is 1.31 bits per heavy atom. The van der Waals surface area contributed by atoms with Crippen LogP contribution >= 0.6 is 34.3 Å². The summed E-state index contributed by atoms with van der Waals surface area (Å²) in [6.07, 6.45) is 6.12. The van der Waals surface area contributed by atoms with Crippen molar-refractivity contribution in [3.63, 3.8) is 0 Å². The van der Waals surface area contributed by atoms with Gasteiger partial charge in [-0.2, -0.15) is 0 Å². The Labute approximate surface area is 167 Å². The highest BCUT2D eigenvalue weighted by Gasteiger charge is 2.27. The van der Waals surface area contributed by atoms with Crippen molar-refractivity contribution >= 4 is 50.2 Å². The minimum atomic E-state index is 0.252. The number of fused-ring (bicyclic) bond motifs is 1. The first-order chi connectivity index (χ1) is 12.6. The third-order valence-electron chi connectivity index (χ3n) is 5.32. The van der Waals surface area contributed by atoms with Crippen LogP contribution in [0.5, 0.6) is 0 Å². The molecule has 0 aliphatic heterocycles. The zero-order valence-electron chi connectivity index (χ0n) is 14.9. The number of hydrogen-bond acceptors (Lipinski definition) is 5. The van der Waals surface area contributed by atoms with Gasteiger partial charge in [-0.15, -0.1) is 22.7 Å².